The first-order chi connectivity index (χ1) is 9.45. The van der Waals surface area contributed by atoms with E-state index >= 15 is 0 Å². The molecule has 0 aliphatic rings. The largest absolute Gasteiger partial charge is 0.377 e. The van der Waals surface area contributed by atoms with Crippen LogP contribution in [0.5, 0.6) is 0 Å². The van der Waals surface area contributed by atoms with E-state index < -0.39 is 0 Å². The Kier molecular flexibility index (Phi) is 6.71. The van der Waals surface area contributed by atoms with Crippen LogP contribution in [0.3, 0.4) is 0 Å². The van der Waals surface area contributed by atoms with E-state index in [1.54, 1.807) is 0 Å². The second-order valence-electron chi connectivity index (χ2n) is 5.34. The van der Waals surface area contributed by atoms with Crippen LogP contribution in [0.25, 0.3) is 0 Å². The molecule has 0 atom stereocenters. The second-order valence-corrected chi connectivity index (χ2v) is 5.34. The van der Waals surface area contributed by atoms with E-state index in [4.69, 9.17) is 4.74 Å². The van der Waals surface area contributed by atoms with E-state index in [0.29, 0.717) is 6.61 Å². The number of aryl methyl sites for hydroxylation is 1. The van der Waals surface area contributed by atoms with Crippen molar-refractivity contribution in [2.45, 2.75) is 47.1 Å². The van der Waals surface area contributed by atoms with Crippen molar-refractivity contribution in [3.8, 4) is 0 Å². The summed E-state index contributed by atoms with van der Waals surface area (Å²) in [5, 5.41) is 3.36. The maximum atomic E-state index is 5.60. The summed E-state index contributed by atoms with van der Waals surface area (Å²) in [6.07, 6.45) is 1.34. The van der Waals surface area contributed by atoms with E-state index in [9.17, 15) is 0 Å². The average molecular weight is 280 g/mol. The molecule has 20 heavy (non-hydrogen) atoms. The van der Waals surface area contributed by atoms with Crippen molar-refractivity contribution in [2.24, 2.45) is 0 Å². The van der Waals surface area contributed by atoms with Gasteiger partial charge in [0.25, 0.3) is 0 Å². The van der Waals surface area contributed by atoms with Crippen LogP contribution in [-0.2, 0) is 4.74 Å². The Morgan fingerprint density at radius 2 is 1.95 bits per heavy atom. The SMILES string of the molecule is CCCNc1nc(C)nc(N(C)CCOC(C)C)c1C. The minimum Gasteiger partial charge on any atom is -0.377 e. The topological polar surface area (TPSA) is 50.3 Å². The summed E-state index contributed by atoms with van der Waals surface area (Å²) in [6, 6.07) is 0. The molecule has 0 unspecified atom stereocenters. The quantitative estimate of drug-likeness (QED) is 0.793. The van der Waals surface area contributed by atoms with Crippen molar-refractivity contribution in [3.63, 3.8) is 0 Å². The molecule has 0 amide bonds. The number of hydrogen-bond acceptors (Lipinski definition) is 5. The van der Waals surface area contributed by atoms with E-state index in [2.05, 4.69) is 34.0 Å². The standard InChI is InChI=1S/C15H28N4O/c1-7-8-16-14-12(4)15(18-13(5)17-14)19(6)9-10-20-11(2)3/h11H,7-10H2,1-6H3,(H,16,17,18). The molecule has 0 spiro atoms. The zero-order valence-corrected chi connectivity index (χ0v) is 13.7. The van der Waals surface area contributed by atoms with Crippen LogP contribution in [0.4, 0.5) is 11.6 Å². The molecule has 0 fully saturated rings. The van der Waals surface area contributed by atoms with Crippen LogP contribution in [-0.4, -0.2) is 42.8 Å². The predicted octanol–water partition coefficient (Wildman–Crippen LogP) is 2.78. The van der Waals surface area contributed by atoms with Crippen molar-refractivity contribution in [3.05, 3.63) is 11.4 Å². The highest BCUT2D eigenvalue weighted by molar-refractivity contribution is 5.58. The minimum absolute atomic E-state index is 0.262. The van der Waals surface area contributed by atoms with Crippen LogP contribution in [0.15, 0.2) is 0 Å². The molecule has 1 aromatic rings. The van der Waals surface area contributed by atoms with Gasteiger partial charge in [-0.05, 0) is 34.1 Å². The zero-order valence-electron chi connectivity index (χ0n) is 13.7. The number of rotatable bonds is 8. The monoisotopic (exact) mass is 280 g/mol. The number of likely N-dealkylation sites (N-methyl/N-ethyl adjacent to an activating group) is 1. The van der Waals surface area contributed by atoms with Crippen LogP contribution in [0, 0.1) is 13.8 Å². The summed E-state index contributed by atoms with van der Waals surface area (Å²) >= 11 is 0. The van der Waals surface area contributed by atoms with Gasteiger partial charge >= 0.3 is 0 Å². The molecular weight excluding hydrogens is 252 g/mol. The molecule has 0 aromatic carbocycles. The van der Waals surface area contributed by atoms with Crippen LogP contribution >= 0.6 is 0 Å². The maximum Gasteiger partial charge on any atom is 0.137 e. The highest BCUT2D eigenvalue weighted by atomic mass is 16.5. The molecule has 0 saturated heterocycles. The fraction of sp³-hybridized carbons (Fsp3) is 0.733. The molecule has 0 bridgehead atoms. The lowest BCUT2D eigenvalue weighted by Crippen LogP contribution is -2.26. The number of anilines is 2. The average Bonchev–Trinajstić information content (AvgIpc) is 2.38. The van der Waals surface area contributed by atoms with E-state index in [0.717, 1.165) is 42.5 Å². The lowest BCUT2D eigenvalue weighted by Gasteiger charge is -2.22. The summed E-state index contributed by atoms with van der Waals surface area (Å²) in [6.45, 7) is 12.7. The summed E-state index contributed by atoms with van der Waals surface area (Å²) in [4.78, 5) is 11.2. The van der Waals surface area contributed by atoms with Gasteiger partial charge in [0.2, 0.25) is 0 Å². The Morgan fingerprint density at radius 3 is 2.55 bits per heavy atom. The van der Waals surface area contributed by atoms with Gasteiger partial charge in [0, 0.05) is 25.7 Å². The van der Waals surface area contributed by atoms with Gasteiger partial charge < -0.3 is 15.0 Å². The van der Waals surface area contributed by atoms with Crippen LogP contribution < -0.4 is 10.2 Å². The first kappa shape index (κ1) is 16.7. The number of nitrogens with one attached hydrogen (secondary N) is 1. The molecule has 0 aliphatic carbocycles. The van der Waals surface area contributed by atoms with Gasteiger partial charge in [0.05, 0.1) is 12.7 Å². The molecule has 114 valence electrons. The number of ether oxygens (including phenoxy) is 1. The van der Waals surface area contributed by atoms with Gasteiger partial charge in [0.1, 0.15) is 17.5 Å². The first-order valence-electron chi connectivity index (χ1n) is 7.37. The normalized spacial score (nSPS) is 10.9. The van der Waals surface area contributed by atoms with Crippen molar-refractivity contribution in [1.29, 1.82) is 0 Å². The third-order valence-electron chi connectivity index (χ3n) is 3.01. The summed E-state index contributed by atoms with van der Waals surface area (Å²) in [7, 11) is 2.04. The smallest absolute Gasteiger partial charge is 0.137 e. The fourth-order valence-corrected chi connectivity index (χ4v) is 1.93. The third kappa shape index (κ3) is 4.96. The Morgan fingerprint density at radius 1 is 1.25 bits per heavy atom. The Hall–Kier alpha value is -1.36. The van der Waals surface area contributed by atoms with Crippen molar-refractivity contribution < 1.29 is 4.74 Å². The van der Waals surface area contributed by atoms with Gasteiger partial charge in [-0.15, -0.1) is 0 Å². The summed E-state index contributed by atoms with van der Waals surface area (Å²) < 4.78 is 5.60. The molecule has 1 rings (SSSR count). The lowest BCUT2D eigenvalue weighted by molar-refractivity contribution is 0.0845. The van der Waals surface area contributed by atoms with Crippen molar-refractivity contribution in [1.82, 2.24) is 9.97 Å². The Bertz CT molecular complexity index is 421. The highest BCUT2D eigenvalue weighted by Crippen LogP contribution is 2.22. The lowest BCUT2D eigenvalue weighted by atomic mass is 10.2. The number of aromatic nitrogens is 2. The zero-order chi connectivity index (χ0) is 15.1. The Balaban J connectivity index is 2.79. The summed E-state index contributed by atoms with van der Waals surface area (Å²) in [5.41, 5.74) is 1.09. The Labute approximate surface area is 122 Å². The molecule has 5 heteroatoms. The molecule has 0 aliphatic heterocycles. The fourth-order valence-electron chi connectivity index (χ4n) is 1.93. The minimum atomic E-state index is 0.262. The molecule has 5 nitrogen and oxygen atoms in total. The predicted molar refractivity (Wildman–Crippen MR) is 84.6 cm³/mol. The van der Waals surface area contributed by atoms with Crippen molar-refractivity contribution in [2.75, 3.05) is 37.0 Å². The maximum absolute atomic E-state index is 5.60. The second kappa shape index (κ2) is 8.04. The summed E-state index contributed by atoms with van der Waals surface area (Å²) in [5.74, 6) is 2.70. The molecule has 0 radical (unpaired) electrons. The van der Waals surface area contributed by atoms with Gasteiger partial charge in [-0.25, -0.2) is 9.97 Å². The van der Waals surface area contributed by atoms with E-state index in [-0.39, 0.29) is 6.10 Å². The van der Waals surface area contributed by atoms with E-state index in [1.807, 2.05) is 27.8 Å². The molecule has 1 aromatic heterocycles. The first-order valence-corrected chi connectivity index (χ1v) is 7.37. The van der Waals surface area contributed by atoms with Crippen LogP contribution in [0.1, 0.15) is 38.6 Å². The number of nitrogens with zero attached hydrogens (tertiary/aromatic N) is 3. The van der Waals surface area contributed by atoms with Gasteiger partial charge in [-0.1, -0.05) is 6.92 Å². The van der Waals surface area contributed by atoms with E-state index in [1.165, 1.54) is 0 Å². The van der Waals surface area contributed by atoms with Crippen molar-refractivity contribution >= 4 is 11.6 Å². The highest BCUT2D eigenvalue weighted by Gasteiger charge is 2.12. The number of hydrogen-bond donors (Lipinski definition) is 1. The molecule has 1 N–H and O–H groups in total. The molecule has 1 heterocycles. The van der Waals surface area contributed by atoms with Gasteiger partial charge in [0.15, 0.2) is 0 Å². The van der Waals surface area contributed by atoms with Gasteiger partial charge in [-0.3, -0.25) is 0 Å². The molecular formula is C15H28N4O. The van der Waals surface area contributed by atoms with Gasteiger partial charge in [-0.2, -0.15) is 0 Å². The van der Waals surface area contributed by atoms with Crippen LogP contribution in [0.2, 0.25) is 0 Å². The third-order valence-corrected chi connectivity index (χ3v) is 3.01. The molecule has 0 saturated carbocycles.